The van der Waals surface area contributed by atoms with Crippen LogP contribution in [0, 0.1) is 11.8 Å². The molecular formula is C12H23O6P. The van der Waals surface area contributed by atoms with Crippen LogP contribution in [0.2, 0.25) is 0 Å². The highest BCUT2D eigenvalue weighted by molar-refractivity contribution is 7.58. The molecule has 0 rings (SSSR count). The summed E-state index contributed by atoms with van der Waals surface area (Å²) in [5.74, 6) is -2.32. The Kier molecular flexibility index (Phi) is 7.95. The summed E-state index contributed by atoms with van der Waals surface area (Å²) in [4.78, 5) is 32.6. The number of hydrogen-bond donors (Lipinski definition) is 1. The Balaban J connectivity index is 4.43. The van der Waals surface area contributed by atoms with Crippen LogP contribution in [0.25, 0.3) is 0 Å². The summed E-state index contributed by atoms with van der Waals surface area (Å²) < 4.78 is 21.5. The van der Waals surface area contributed by atoms with Crippen LogP contribution in [-0.4, -0.2) is 42.4 Å². The van der Waals surface area contributed by atoms with Gasteiger partial charge < -0.3 is 14.4 Å². The van der Waals surface area contributed by atoms with Crippen LogP contribution in [0.3, 0.4) is 0 Å². The van der Waals surface area contributed by atoms with Crippen LogP contribution in [0.1, 0.15) is 27.7 Å². The highest BCUT2D eigenvalue weighted by atomic mass is 31.2. The van der Waals surface area contributed by atoms with E-state index in [1.54, 1.807) is 13.8 Å². The van der Waals surface area contributed by atoms with Crippen molar-refractivity contribution in [1.29, 1.82) is 0 Å². The molecule has 1 N–H and O–H groups in total. The zero-order valence-corrected chi connectivity index (χ0v) is 12.8. The quantitative estimate of drug-likeness (QED) is 0.541. The predicted octanol–water partition coefficient (Wildman–Crippen LogP) is 1.66. The maximum absolute atomic E-state index is 12.0. The number of rotatable bonds is 8. The molecule has 0 aromatic carbocycles. The number of esters is 2. The SMILES string of the molecule is CCOC(=O)C(C)CP(=O)(O)CC(C)C(=O)OCC. The lowest BCUT2D eigenvalue weighted by atomic mass is 10.2. The van der Waals surface area contributed by atoms with Crippen LogP contribution < -0.4 is 0 Å². The summed E-state index contributed by atoms with van der Waals surface area (Å²) in [6.45, 7) is 6.89. The Hall–Kier alpha value is -0.870. The molecule has 2 atom stereocenters. The van der Waals surface area contributed by atoms with Gasteiger partial charge in [0.05, 0.1) is 25.0 Å². The molecule has 0 spiro atoms. The molecule has 112 valence electrons. The van der Waals surface area contributed by atoms with Gasteiger partial charge in [0.25, 0.3) is 0 Å². The van der Waals surface area contributed by atoms with Crippen molar-refractivity contribution in [2.24, 2.45) is 11.8 Å². The largest absolute Gasteiger partial charge is 0.466 e. The minimum absolute atomic E-state index is 0.185. The molecule has 0 aromatic heterocycles. The smallest absolute Gasteiger partial charge is 0.309 e. The lowest BCUT2D eigenvalue weighted by Crippen LogP contribution is -2.23. The first-order valence-electron chi connectivity index (χ1n) is 6.37. The first-order valence-corrected chi connectivity index (χ1v) is 8.40. The van der Waals surface area contributed by atoms with E-state index in [1.165, 1.54) is 13.8 Å². The summed E-state index contributed by atoms with van der Waals surface area (Å²) in [7, 11) is -3.56. The lowest BCUT2D eigenvalue weighted by Gasteiger charge is -2.18. The van der Waals surface area contributed by atoms with Crippen molar-refractivity contribution in [2.45, 2.75) is 27.7 Å². The third-order valence-corrected chi connectivity index (χ3v) is 4.73. The van der Waals surface area contributed by atoms with Gasteiger partial charge in [-0.05, 0) is 13.8 Å². The fourth-order valence-electron chi connectivity index (χ4n) is 1.65. The topological polar surface area (TPSA) is 89.9 Å². The Morgan fingerprint density at radius 3 is 1.58 bits per heavy atom. The van der Waals surface area contributed by atoms with Crippen LogP contribution in [-0.2, 0) is 23.6 Å². The third kappa shape index (κ3) is 7.33. The van der Waals surface area contributed by atoms with Crippen LogP contribution in [0.15, 0.2) is 0 Å². The lowest BCUT2D eigenvalue weighted by molar-refractivity contribution is -0.147. The fraction of sp³-hybridized carbons (Fsp3) is 0.833. The van der Waals surface area contributed by atoms with E-state index in [1.807, 2.05) is 0 Å². The zero-order chi connectivity index (χ0) is 15.1. The average Bonchev–Trinajstić information content (AvgIpc) is 2.28. The maximum Gasteiger partial charge on any atom is 0.309 e. The van der Waals surface area contributed by atoms with Crippen LogP contribution in [0.5, 0.6) is 0 Å². The molecule has 0 fully saturated rings. The standard InChI is InChI=1S/C12H23O6P/c1-5-17-11(13)9(3)7-19(15,16)8-10(4)12(14)18-6-2/h9-10H,5-8H2,1-4H3,(H,15,16). The van der Waals surface area contributed by atoms with E-state index in [0.29, 0.717) is 0 Å². The second-order valence-electron chi connectivity index (χ2n) is 4.52. The van der Waals surface area contributed by atoms with Gasteiger partial charge in [-0.15, -0.1) is 0 Å². The second kappa shape index (κ2) is 8.33. The van der Waals surface area contributed by atoms with Crippen LogP contribution >= 0.6 is 7.37 Å². The van der Waals surface area contributed by atoms with Gasteiger partial charge in [0.2, 0.25) is 7.37 Å². The minimum atomic E-state index is -3.56. The molecule has 0 heterocycles. The van der Waals surface area contributed by atoms with Crippen LogP contribution in [0.4, 0.5) is 0 Å². The molecule has 19 heavy (non-hydrogen) atoms. The van der Waals surface area contributed by atoms with Crippen molar-refractivity contribution >= 4 is 19.3 Å². The van der Waals surface area contributed by atoms with E-state index in [2.05, 4.69) is 0 Å². The molecular weight excluding hydrogens is 271 g/mol. The van der Waals surface area contributed by atoms with Crippen molar-refractivity contribution < 1.29 is 28.5 Å². The maximum atomic E-state index is 12.0. The number of ether oxygens (including phenoxy) is 2. The van der Waals surface area contributed by atoms with Gasteiger partial charge in [-0.2, -0.15) is 0 Å². The molecule has 0 bridgehead atoms. The molecule has 0 radical (unpaired) electrons. The van der Waals surface area contributed by atoms with E-state index in [9.17, 15) is 19.0 Å². The Bertz CT molecular complexity index is 324. The summed E-state index contributed by atoms with van der Waals surface area (Å²) >= 11 is 0. The first-order chi connectivity index (χ1) is 8.73. The number of carbonyl (C=O) groups is 2. The molecule has 0 aromatic rings. The average molecular weight is 294 g/mol. The van der Waals surface area contributed by atoms with Crippen molar-refractivity contribution in [3.63, 3.8) is 0 Å². The van der Waals surface area contributed by atoms with E-state index in [-0.39, 0.29) is 25.5 Å². The van der Waals surface area contributed by atoms with Gasteiger partial charge in [-0.3, -0.25) is 14.2 Å². The molecule has 0 amide bonds. The minimum Gasteiger partial charge on any atom is -0.466 e. The van der Waals surface area contributed by atoms with Gasteiger partial charge in [-0.25, -0.2) is 0 Å². The van der Waals surface area contributed by atoms with Crippen molar-refractivity contribution in [3.05, 3.63) is 0 Å². The molecule has 0 aliphatic carbocycles. The highest BCUT2D eigenvalue weighted by Gasteiger charge is 2.31. The Labute approximate surface area is 113 Å². The van der Waals surface area contributed by atoms with Crippen molar-refractivity contribution in [2.75, 3.05) is 25.5 Å². The van der Waals surface area contributed by atoms with Crippen molar-refractivity contribution in [3.8, 4) is 0 Å². The molecule has 0 saturated carbocycles. The summed E-state index contributed by atoms with van der Waals surface area (Å²) in [5.41, 5.74) is 0. The second-order valence-corrected chi connectivity index (χ2v) is 6.94. The highest BCUT2D eigenvalue weighted by Crippen LogP contribution is 2.44. The van der Waals surface area contributed by atoms with Gasteiger partial charge >= 0.3 is 11.9 Å². The summed E-state index contributed by atoms with van der Waals surface area (Å²) in [6.07, 6.45) is -0.370. The van der Waals surface area contributed by atoms with Gasteiger partial charge in [-0.1, -0.05) is 13.8 Å². The fourth-order valence-corrected chi connectivity index (χ4v) is 3.81. The molecule has 0 saturated heterocycles. The zero-order valence-electron chi connectivity index (χ0n) is 11.9. The Morgan fingerprint density at radius 1 is 1.00 bits per heavy atom. The van der Waals surface area contributed by atoms with Crippen molar-refractivity contribution in [1.82, 2.24) is 0 Å². The van der Waals surface area contributed by atoms with E-state index < -0.39 is 31.1 Å². The normalized spacial score (nSPS) is 17.1. The van der Waals surface area contributed by atoms with E-state index in [0.717, 1.165) is 0 Å². The Morgan fingerprint density at radius 2 is 1.32 bits per heavy atom. The van der Waals surface area contributed by atoms with Gasteiger partial charge in [0.15, 0.2) is 0 Å². The van der Waals surface area contributed by atoms with E-state index in [4.69, 9.17) is 9.47 Å². The van der Waals surface area contributed by atoms with Gasteiger partial charge in [0, 0.05) is 12.3 Å². The molecule has 6 nitrogen and oxygen atoms in total. The summed E-state index contributed by atoms with van der Waals surface area (Å²) in [5, 5.41) is 0. The van der Waals surface area contributed by atoms with Gasteiger partial charge in [0.1, 0.15) is 0 Å². The van der Waals surface area contributed by atoms with E-state index >= 15 is 0 Å². The monoisotopic (exact) mass is 294 g/mol. The third-order valence-electron chi connectivity index (χ3n) is 2.50. The summed E-state index contributed by atoms with van der Waals surface area (Å²) in [6, 6.07) is 0. The molecule has 0 aliphatic heterocycles. The molecule has 2 unspecified atom stereocenters. The number of carbonyl (C=O) groups excluding carboxylic acids is 2. The predicted molar refractivity (Wildman–Crippen MR) is 71.2 cm³/mol. The molecule has 7 heteroatoms. The number of hydrogen-bond acceptors (Lipinski definition) is 5. The first kappa shape index (κ1) is 18.1. The molecule has 0 aliphatic rings.